The van der Waals surface area contributed by atoms with Gasteiger partial charge in [0.15, 0.2) is 16.8 Å². The first kappa shape index (κ1) is 74.4. The molecule has 21 nitrogen and oxygen atoms in total. The summed E-state index contributed by atoms with van der Waals surface area (Å²) in [4.78, 5) is 52.6. The van der Waals surface area contributed by atoms with Crippen LogP contribution >= 0.6 is 0 Å². The minimum absolute atomic E-state index is 0.0181. The second-order valence-electron chi connectivity index (χ2n) is 23.3. The molecule has 9 unspecified atom stereocenters. The fraction of sp³-hybridized carbons (Fsp3) is 0.929. The van der Waals surface area contributed by atoms with E-state index in [1.54, 1.807) is 76.2 Å². The van der Waals surface area contributed by atoms with Gasteiger partial charge in [0.2, 0.25) is 5.72 Å². The van der Waals surface area contributed by atoms with Crippen LogP contribution in [-0.2, 0) is 95.0 Å². The Balaban J connectivity index is 6.66. The van der Waals surface area contributed by atoms with Gasteiger partial charge in [-0.15, -0.1) is 0 Å². The van der Waals surface area contributed by atoms with E-state index in [9.17, 15) is 19.2 Å². The molecule has 0 rings (SSSR count). The van der Waals surface area contributed by atoms with Crippen LogP contribution in [0.5, 0.6) is 0 Å². The van der Waals surface area contributed by atoms with Gasteiger partial charge in [-0.05, 0) is 159 Å². The maximum absolute atomic E-state index is 13.2. The predicted molar refractivity (Wildman–Crippen MR) is 289 cm³/mol. The van der Waals surface area contributed by atoms with Crippen molar-refractivity contribution in [3.63, 3.8) is 0 Å². The standard InChI is InChI=1S/C56H107NO20/c1-36(2)70-40(9)28-66-48(58)52(17,18)74-44(13)24-62-32-56(33-63-25-45(14)75-53(19,20)49(59)67-29-41(10)71-37(3)4,34-64-26-46(15)76-54(21,22)50(60)68-30-42(11)72-38(5)6)35-65-27-47(16)77-55(23,57)51(61)69-31-43(12)73-39(7)8/h36-47H,24-35,57H2,1-23H3. The van der Waals surface area contributed by atoms with Crippen molar-refractivity contribution < 1.29 is 95.0 Å². The normalized spacial score (nSPS) is 17.5. The SMILES string of the molecule is CC(C)OC(C)COC(=O)C(C)(C)OC(C)COCC(COCC(C)OC(C)(C)C(=O)OCC(C)OC(C)C)(COCC(C)OC(C)(C)C(=O)OCC(C)OC(C)C)COCC(C)OC(C)(N)C(=O)OCC(C)OC(C)C. The van der Waals surface area contributed by atoms with Crippen LogP contribution in [0, 0.1) is 5.41 Å². The number of hydrogen-bond donors (Lipinski definition) is 1. The summed E-state index contributed by atoms with van der Waals surface area (Å²) in [6.07, 6.45) is -4.01. The molecule has 9 atom stereocenters. The highest BCUT2D eigenvalue weighted by atomic mass is 16.6. The number of carbonyl (C=O) groups excluding carboxylic acids is 4. The molecular formula is C56H107NO20. The molecule has 21 heteroatoms. The van der Waals surface area contributed by atoms with Crippen LogP contribution in [0.15, 0.2) is 0 Å². The van der Waals surface area contributed by atoms with Crippen molar-refractivity contribution in [3.8, 4) is 0 Å². The predicted octanol–water partition coefficient (Wildman–Crippen LogP) is 7.10. The Morgan fingerprint density at radius 2 is 0.519 bits per heavy atom. The molecule has 0 aromatic rings. The highest BCUT2D eigenvalue weighted by molar-refractivity contribution is 5.79. The molecule has 0 aromatic heterocycles. The Hall–Kier alpha value is -2.64. The highest BCUT2D eigenvalue weighted by Crippen LogP contribution is 2.25. The molecular weight excluding hydrogens is 1010 g/mol. The van der Waals surface area contributed by atoms with E-state index < -0.39 is 76.2 Å². The quantitative estimate of drug-likeness (QED) is 0.0363. The van der Waals surface area contributed by atoms with Crippen LogP contribution in [0.4, 0.5) is 0 Å². The maximum Gasteiger partial charge on any atom is 0.353 e. The minimum atomic E-state index is -1.82. The maximum atomic E-state index is 13.2. The van der Waals surface area contributed by atoms with Gasteiger partial charge in [-0.25, -0.2) is 19.2 Å². The van der Waals surface area contributed by atoms with Crippen molar-refractivity contribution in [2.75, 3.05) is 79.3 Å². The summed E-state index contributed by atoms with van der Waals surface area (Å²) >= 11 is 0. The molecule has 0 aliphatic heterocycles. The summed E-state index contributed by atoms with van der Waals surface area (Å²) in [5.41, 5.74) is -0.584. The van der Waals surface area contributed by atoms with Crippen LogP contribution in [-0.4, -0.2) is 199 Å². The summed E-state index contributed by atoms with van der Waals surface area (Å²) in [6.45, 7) is 40.6. The number of carbonyl (C=O) groups is 4. The zero-order chi connectivity index (χ0) is 59.5. The van der Waals surface area contributed by atoms with Crippen molar-refractivity contribution in [2.45, 2.75) is 255 Å². The summed E-state index contributed by atoms with van der Waals surface area (Å²) in [7, 11) is 0. The summed E-state index contributed by atoms with van der Waals surface area (Å²) in [5.74, 6) is -2.47. The number of nitrogens with two attached hydrogens (primary N) is 1. The Kier molecular flexibility index (Phi) is 34.7. The van der Waals surface area contributed by atoms with Gasteiger partial charge in [0.25, 0.3) is 0 Å². The zero-order valence-electron chi connectivity index (χ0n) is 51.7. The molecule has 0 saturated carbocycles. The van der Waals surface area contributed by atoms with E-state index in [1.165, 1.54) is 6.92 Å². The van der Waals surface area contributed by atoms with Gasteiger partial charge >= 0.3 is 23.9 Å². The lowest BCUT2D eigenvalue weighted by Gasteiger charge is -2.36. The van der Waals surface area contributed by atoms with Gasteiger partial charge < -0.3 is 75.8 Å². The molecule has 0 saturated heterocycles. The van der Waals surface area contributed by atoms with E-state index in [4.69, 9.17) is 81.5 Å². The number of rotatable bonds is 44. The van der Waals surface area contributed by atoms with Crippen LogP contribution in [0.2, 0.25) is 0 Å². The number of hydrogen-bond acceptors (Lipinski definition) is 21. The first-order valence-electron chi connectivity index (χ1n) is 27.4. The van der Waals surface area contributed by atoms with Crippen molar-refractivity contribution in [1.82, 2.24) is 0 Å². The van der Waals surface area contributed by atoms with Crippen LogP contribution in [0.1, 0.15) is 159 Å². The van der Waals surface area contributed by atoms with Crippen LogP contribution in [0.3, 0.4) is 0 Å². The van der Waals surface area contributed by atoms with E-state index in [1.807, 2.05) is 76.2 Å². The Morgan fingerprint density at radius 3 is 0.740 bits per heavy atom. The molecule has 456 valence electrons. The molecule has 0 amide bonds. The fourth-order valence-corrected chi connectivity index (χ4v) is 7.72. The number of esters is 4. The first-order valence-corrected chi connectivity index (χ1v) is 27.4. The van der Waals surface area contributed by atoms with Crippen molar-refractivity contribution in [3.05, 3.63) is 0 Å². The smallest absolute Gasteiger partial charge is 0.353 e. The molecule has 0 radical (unpaired) electrons. The van der Waals surface area contributed by atoms with Crippen molar-refractivity contribution in [1.29, 1.82) is 0 Å². The van der Waals surface area contributed by atoms with Crippen LogP contribution in [0.25, 0.3) is 0 Å². The number of ether oxygens (including phenoxy) is 16. The van der Waals surface area contributed by atoms with Gasteiger partial charge in [0, 0.05) is 0 Å². The third-order valence-corrected chi connectivity index (χ3v) is 10.7. The molecule has 0 aliphatic rings. The van der Waals surface area contributed by atoms with Gasteiger partial charge in [0.1, 0.15) is 26.4 Å². The highest BCUT2D eigenvalue weighted by Gasteiger charge is 2.39. The van der Waals surface area contributed by atoms with E-state index in [-0.39, 0.29) is 128 Å². The molecule has 0 spiro atoms. The van der Waals surface area contributed by atoms with Gasteiger partial charge in [0.05, 0.1) is 132 Å². The molecule has 0 aliphatic carbocycles. The topological polar surface area (TPSA) is 242 Å². The van der Waals surface area contributed by atoms with Crippen molar-refractivity contribution >= 4 is 23.9 Å². The minimum Gasteiger partial charge on any atom is -0.461 e. The summed E-state index contributed by atoms with van der Waals surface area (Å²) in [6, 6.07) is 0. The monoisotopic (exact) mass is 1110 g/mol. The Labute approximate surface area is 463 Å². The molecule has 77 heavy (non-hydrogen) atoms. The van der Waals surface area contributed by atoms with Gasteiger partial charge in [-0.3, -0.25) is 5.73 Å². The Morgan fingerprint density at radius 1 is 0.312 bits per heavy atom. The average molecular weight is 1110 g/mol. The summed E-state index contributed by atoms with van der Waals surface area (Å²) in [5, 5.41) is 0. The first-order chi connectivity index (χ1) is 35.3. The average Bonchev–Trinajstić information content (AvgIpc) is 3.26. The largest absolute Gasteiger partial charge is 0.461 e. The second kappa shape index (κ2) is 36.0. The molecule has 0 fully saturated rings. The third-order valence-electron chi connectivity index (χ3n) is 10.7. The zero-order valence-corrected chi connectivity index (χ0v) is 51.7. The summed E-state index contributed by atoms with van der Waals surface area (Å²) < 4.78 is 94.8. The molecule has 0 bridgehead atoms. The lowest BCUT2D eigenvalue weighted by molar-refractivity contribution is -0.191. The van der Waals surface area contributed by atoms with E-state index in [0.29, 0.717) is 0 Å². The van der Waals surface area contributed by atoms with E-state index in [0.717, 1.165) is 0 Å². The third kappa shape index (κ3) is 33.7. The second-order valence-corrected chi connectivity index (χ2v) is 23.3. The van der Waals surface area contributed by atoms with Gasteiger partial charge in [-0.1, -0.05) is 0 Å². The van der Waals surface area contributed by atoms with E-state index in [2.05, 4.69) is 0 Å². The lowest BCUT2D eigenvalue weighted by atomic mass is 9.92. The van der Waals surface area contributed by atoms with E-state index >= 15 is 0 Å². The van der Waals surface area contributed by atoms with Crippen molar-refractivity contribution in [2.24, 2.45) is 11.1 Å². The van der Waals surface area contributed by atoms with Crippen LogP contribution < -0.4 is 5.73 Å². The molecule has 0 heterocycles. The van der Waals surface area contributed by atoms with Gasteiger partial charge in [-0.2, -0.15) is 0 Å². The fourth-order valence-electron chi connectivity index (χ4n) is 7.72. The molecule has 2 N–H and O–H groups in total. The Bertz CT molecular complexity index is 1420. The lowest BCUT2D eigenvalue weighted by Crippen LogP contribution is -2.51. The molecule has 0 aromatic carbocycles.